The third-order valence-electron chi connectivity index (χ3n) is 4.04. The Balaban J connectivity index is 2.15. The minimum absolute atomic E-state index is 0.0579. The Morgan fingerprint density at radius 3 is 2.75 bits per heavy atom. The van der Waals surface area contributed by atoms with Gasteiger partial charge in [-0.3, -0.25) is 4.79 Å². The average molecular weight is 363 g/mol. The van der Waals surface area contributed by atoms with Gasteiger partial charge < -0.3 is 5.32 Å². The number of carbonyl (C=O) groups excluding carboxylic acids is 1. The fourth-order valence-corrected chi connectivity index (χ4v) is 3.28. The molecule has 20 heavy (non-hydrogen) atoms. The maximum Gasteiger partial charge on any atom is 0.254 e. The van der Waals surface area contributed by atoms with Crippen molar-refractivity contribution in [1.29, 1.82) is 0 Å². The molecule has 1 aromatic rings. The van der Waals surface area contributed by atoms with E-state index in [1.54, 1.807) is 6.07 Å². The first-order valence-corrected chi connectivity index (χ1v) is 8.12. The van der Waals surface area contributed by atoms with Crippen molar-refractivity contribution in [1.82, 2.24) is 5.32 Å². The highest BCUT2D eigenvalue weighted by Gasteiger charge is 2.35. The van der Waals surface area contributed by atoms with E-state index in [0.29, 0.717) is 16.3 Å². The molecule has 0 radical (unpaired) electrons. The van der Waals surface area contributed by atoms with Crippen molar-refractivity contribution in [3.63, 3.8) is 0 Å². The Labute approximate surface area is 132 Å². The van der Waals surface area contributed by atoms with Crippen molar-refractivity contribution in [2.75, 3.05) is 5.88 Å². The van der Waals surface area contributed by atoms with Crippen molar-refractivity contribution in [3.05, 3.63) is 34.1 Å². The van der Waals surface area contributed by atoms with Gasteiger partial charge in [0.15, 0.2) is 0 Å². The van der Waals surface area contributed by atoms with Crippen LogP contribution < -0.4 is 5.32 Å². The first-order chi connectivity index (χ1) is 9.46. The number of benzene rings is 1. The van der Waals surface area contributed by atoms with Gasteiger partial charge >= 0.3 is 0 Å². The molecule has 2 rings (SSSR count). The van der Waals surface area contributed by atoms with E-state index in [1.807, 2.05) is 0 Å². The number of alkyl halides is 1. The number of carbonyl (C=O) groups is 1. The molecule has 1 N–H and O–H groups in total. The van der Waals surface area contributed by atoms with Gasteiger partial charge in [0.1, 0.15) is 5.82 Å². The van der Waals surface area contributed by atoms with Crippen molar-refractivity contribution in [3.8, 4) is 0 Å². The Hall–Kier alpha value is -0.610. The molecule has 0 atom stereocenters. The maximum absolute atomic E-state index is 13.8. The van der Waals surface area contributed by atoms with Gasteiger partial charge in [0.05, 0.1) is 11.1 Å². The highest BCUT2D eigenvalue weighted by atomic mass is 79.9. The minimum Gasteiger partial charge on any atom is -0.345 e. The molecule has 1 aromatic carbocycles. The second-order valence-electron chi connectivity index (χ2n) is 5.67. The van der Waals surface area contributed by atoms with Crippen LogP contribution in [0.2, 0.25) is 0 Å². The lowest BCUT2D eigenvalue weighted by Gasteiger charge is -2.38. The Morgan fingerprint density at radius 1 is 1.50 bits per heavy atom. The highest BCUT2D eigenvalue weighted by molar-refractivity contribution is 9.10. The first-order valence-electron chi connectivity index (χ1n) is 6.79. The van der Waals surface area contributed by atoms with Gasteiger partial charge in [-0.2, -0.15) is 0 Å². The molecule has 0 unspecified atom stereocenters. The summed E-state index contributed by atoms with van der Waals surface area (Å²) in [5, 5.41) is 2.96. The lowest BCUT2D eigenvalue weighted by atomic mass is 9.78. The number of nitrogens with one attached hydrogen (secondary N) is 1. The number of amides is 1. The molecule has 1 amide bonds. The van der Waals surface area contributed by atoms with Crippen molar-refractivity contribution < 1.29 is 9.18 Å². The van der Waals surface area contributed by atoms with Crippen LogP contribution in [0.25, 0.3) is 0 Å². The lowest BCUT2D eigenvalue weighted by Crippen LogP contribution is -2.52. The number of halogens is 3. The molecule has 2 nitrogen and oxygen atoms in total. The van der Waals surface area contributed by atoms with Gasteiger partial charge in [0.2, 0.25) is 0 Å². The summed E-state index contributed by atoms with van der Waals surface area (Å²) in [5.74, 6) is 0.116. The summed E-state index contributed by atoms with van der Waals surface area (Å²) in [5.41, 5.74) is -0.345. The van der Waals surface area contributed by atoms with E-state index < -0.39 is 11.4 Å². The van der Waals surface area contributed by atoms with Crippen LogP contribution >= 0.6 is 27.5 Å². The third-order valence-corrected chi connectivity index (χ3v) is 5.04. The van der Waals surface area contributed by atoms with Crippen LogP contribution in [0.3, 0.4) is 0 Å². The summed E-state index contributed by atoms with van der Waals surface area (Å²) in [7, 11) is 0. The van der Waals surface area contributed by atoms with Crippen LogP contribution in [0.15, 0.2) is 22.7 Å². The number of hydrogen-bond donors (Lipinski definition) is 1. The van der Waals surface area contributed by atoms with Gasteiger partial charge in [0, 0.05) is 10.4 Å². The molecule has 1 fully saturated rings. The van der Waals surface area contributed by atoms with Gasteiger partial charge in [-0.15, -0.1) is 11.6 Å². The Kier molecular flexibility index (Phi) is 5.08. The molecule has 0 spiro atoms. The standard InChI is InChI=1S/C15H18BrClFNO/c1-10-4-6-15(9-17,7-5-10)19-14(20)12-8-11(16)2-3-13(12)18/h2-3,8,10H,4-7,9H2,1H3,(H,19,20). The second-order valence-corrected chi connectivity index (χ2v) is 6.86. The van der Waals surface area contributed by atoms with Gasteiger partial charge in [-0.25, -0.2) is 4.39 Å². The van der Waals surface area contributed by atoms with Crippen molar-refractivity contribution in [2.45, 2.75) is 38.1 Å². The van der Waals surface area contributed by atoms with E-state index in [4.69, 9.17) is 11.6 Å². The maximum atomic E-state index is 13.8. The Bertz CT molecular complexity index is 501. The van der Waals surface area contributed by atoms with Crippen LogP contribution in [-0.2, 0) is 0 Å². The van der Waals surface area contributed by atoms with Gasteiger partial charge in [-0.05, 0) is 49.8 Å². The molecule has 1 saturated carbocycles. The van der Waals surface area contributed by atoms with Crippen molar-refractivity contribution >= 4 is 33.4 Å². The van der Waals surface area contributed by atoms with E-state index in [-0.39, 0.29) is 11.5 Å². The zero-order chi connectivity index (χ0) is 14.8. The Morgan fingerprint density at radius 2 is 2.15 bits per heavy atom. The number of hydrogen-bond acceptors (Lipinski definition) is 1. The van der Waals surface area contributed by atoms with Gasteiger partial charge in [0.25, 0.3) is 5.91 Å². The molecule has 0 aromatic heterocycles. The second kappa shape index (κ2) is 6.44. The molecule has 0 heterocycles. The zero-order valence-electron chi connectivity index (χ0n) is 11.4. The predicted octanol–water partition coefficient (Wildman–Crippen LogP) is 4.51. The minimum atomic E-state index is -0.514. The van der Waals surface area contributed by atoms with E-state index in [9.17, 15) is 9.18 Å². The molecule has 5 heteroatoms. The van der Waals surface area contributed by atoms with Crippen LogP contribution in [0.4, 0.5) is 4.39 Å². The quantitative estimate of drug-likeness (QED) is 0.788. The van der Waals surface area contributed by atoms with Gasteiger partial charge in [-0.1, -0.05) is 22.9 Å². The highest BCUT2D eigenvalue weighted by Crippen LogP contribution is 2.33. The summed E-state index contributed by atoms with van der Waals surface area (Å²) in [4.78, 5) is 12.3. The normalized spacial score (nSPS) is 26.3. The molecule has 1 aliphatic carbocycles. The molecule has 110 valence electrons. The monoisotopic (exact) mass is 361 g/mol. The molecule has 0 bridgehead atoms. The largest absolute Gasteiger partial charge is 0.345 e. The molecule has 0 aliphatic heterocycles. The average Bonchev–Trinajstić information content (AvgIpc) is 2.44. The van der Waals surface area contributed by atoms with E-state index in [1.165, 1.54) is 12.1 Å². The van der Waals surface area contributed by atoms with Crippen molar-refractivity contribution in [2.24, 2.45) is 5.92 Å². The van der Waals surface area contributed by atoms with Crippen LogP contribution in [0, 0.1) is 11.7 Å². The van der Waals surface area contributed by atoms with Crippen LogP contribution in [0.1, 0.15) is 43.0 Å². The fraction of sp³-hybridized carbons (Fsp3) is 0.533. The lowest BCUT2D eigenvalue weighted by molar-refractivity contribution is 0.0868. The smallest absolute Gasteiger partial charge is 0.254 e. The molecule has 1 aliphatic rings. The van der Waals surface area contributed by atoms with E-state index >= 15 is 0 Å². The predicted molar refractivity (Wildman–Crippen MR) is 82.6 cm³/mol. The fourth-order valence-electron chi connectivity index (χ4n) is 2.59. The summed E-state index contributed by atoms with van der Waals surface area (Å²) in [6.45, 7) is 2.20. The zero-order valence-corrected chi connectivity index (χ0v) is 13.7. The first kappa shape index (κ1) is 15.8. The molecular formula is C15H18BrClFNO. The van der Waals surface area contributed by atoms with Crippen LogP contribution in [-0.4, -0.2) is 17.3 Å². The van der Waals surface area contributed by atoms with Crippen LogP contribution in [0.5, 0.6) is 0 Å². The SMILES string of the molecule is CC1CCC(CCl)(NC(=O)c2cc(Br)ccc2F)CC1. The topological polar surface area (TPSA) is 29.1 Å². The number of rotatable bonds is 3. The molecule has 0 saturated heterocycles. The summed E-state index contributed by atoms with van der Waals surface area (Å²) in [6.07, 6.45) is 3.76. The summed E-state index contributed by atoms with van der Waals surface area (Å²) in [6, 6.07) is 4.36. The molecular weight excluding hydrogens is 345 g/mol. The third kappa shape index (κ3) is 3.53. The summed E-state index contributed by atoms with van der Waals surface area (Å²) >= 11 is 9.33. The van der Waals surface area contributed by atoms with E-state index in [2.05, 4.69) is 28.2 Å². The van der Waals surface area contributed by atoms with E-state index in [0.717, 1.165) is 25.7 Å². The summed E-state index contributed by atoms with van der Waals surface area (Å²) < 4.78 is 14.4.